The molecule has 0 bridgehead atoms. The molecule has 0 aliphatic carbocycles. The Morgan fingerprint density at radius 3 is 2.70 bits per heavy atom. The standard InChI is InChI=1S/C14H17NO5/c16-13(17)8-15-14(18)10-3-5-11(6-4-10)20-9-12-2-1-7-19-12/h3-6,12H,1-2,7-9H2,(H,15,18)(H,16,17). The highest BCUT2D eigenvalue weighted by molar-refractivity contribution is 5.95. The minimum Gasteiger partial charge on any atom is -0.491 e. The number of aliphatic carboxylic acids is 1. The number of carboxylic acids is 1. The number of carbonyl (C=O) groups is 2. The van der Waals surface area contributed by atoms with E-state index in [2.05, 4.69) is 5.32 Å². The Labute approximate surface area is 116 Å². The lowest BCUT2D eigenvalue weighted by atomic mass is 10.2. The first-order valence-corrected chi connectivity index (χ1v) is 6.49. The maximum absolute atomic E-state index is 11.6. The summed E-state index contributed by atoms with van der Waals surface area (Å²) >= 11 is 0. The van der Waals surface area contributed by atoms with Crippen molar-refractivity contribution in [3.63, 3.8) is 0 Å². The number of carbonyl (C=O) groups excluding carboxylic acids is 1. The van der Waals surface area contributed by atoms with Crippen molar-refractivity contribution in [2.75, 3.05) is 19.8 Å². The Kier molecular flexibility index (Phi) is 4.95. The molecule has 1 aliphatic rings. The number of nitrogens with one attached hydrogen (secondary N) is 1. The molecular formula is C14H17NO5. The molecule has 1 fully saturated rings. The van der Waals surface area contributed by atoms with Crippen molar-refractivity contribution in [3.05, 3.63) is 29.8 Å². The molecule has 0 saturated carbocycles. The lowest BCUT2D eigenvalue weighted by Crippen LogP contribution is -2.29. The second-order valence-electron chi connectivity index (χ2n) is 4.55. The summed E-state index contributed by atoms with van der Waals surface area (Å²) in [6.07, 6.45) is 2.22. The third-order valence-electron chi connectivity index (χ3n) is 2.98. The van der Waals surface area contributed by atoms with Crippen molar-refractivity contribution >= 4 is 11.9 Å². The van der Waals surface area contributed by atoms with E-state index in [1.165, 1.54) is 0 Å². The van der Waals surface area contributed by atoms with Gasteiger partial charge in [-0.05, 0) is 37.1 Å². The average Bonchev–Trinajstić information content (AvgIpc) is 2.96. The molecule has 2 N–H and O–H groups in total. The van der Waals surface area contributed by atoms with Gasteiger partial charge in [-0.3, -0.25) is 9.59 Å². The van der Waals surface area contributed by atoms with Gasteiger partial charge in [-0.25, -0.2) is 0 Å². The van der Waals surface area contributed by atoms with E-state index < -0.39 is 18.4 Å². The van der Waals surface area contributed by atoms with Crippen LogP contribution in [0.2, 0.25) is 0 Å². The van der Waals surface area contributed by atoms with E-state index >= 15 is 0 Å². The Hall–Kier alpha value is -2.08. The molecule has 108 valence electrons. The summed E-state index contributed by atoms with van der Waals surface area (Å²) in [7, 11) is 0. The van der Waals surface area contributed by atoms with E-state index in [4.69, 9.17) is 14.6 Å². The van der Waals surface area contributed by atoms with Gasteiger partial charge in [-0.2, -0.15) is 0 Å². The van der Waals surface area contributed by atoms with Gasteiger partial charge in [0.25, 0.3) is 5.91 Å². The molecule has 1 aliphatic heterocycles. The quantitative estimate of drug-likeness (QED) is 0.813. The maximum atomic E-state index is 11.6. The minimum atomic E-state index is -1.07. The Balaban J connectivity index is 1.82. The summed E-state index contributed by atoms with van der Waals surface area (Å²) in [5.41, 5.74) is 0.399. The Bertz CT molecular complexity index is 465. The SMILES string of the molecule is O=C(O)CNC(=O)c1ccc(OCC2CCCO2)cc1. The van der Waals surface area contributed by atoms with E-state index in [1.807, 2.05) is 0 Å². The van der Waals surface area contributed by atoms with Gasteiger partial charge in [0.1, 0.15) is 18.9 Å². The third-order valence-corrected chi connectivity index (χ3v) is 2.98. The monoisotopic (exact) mass is 279 g/mol. The predicted octanol–water partition coefficient (Wildman–Crippen LogP) is 1.06. The zero-order chi connectivity index (χ0) is 14.4. The molecule has 1 aromatic carbocycles. The fourth-order valence-corrected chi connectivity index (χ4v) is 1.93. The van der Waals surface area contributed by atoms with Crippen LogP contribution in [0.1, 0.15) is 23.2 Å². The second-order valence-corrected chi connectivity index (χ2v) is 4.55. The number of hydrogen-bond acceptors (Lipinski definition) is 4. The molecule has 0 aromatic heterocycles. The maximum Gasteiger partial charge on any atom is 0.322 e. The molecule has 6 nitrogen and oxygen atoms in total. The molecular weight excluding hydrogens is 262 g/mol. The van der Waals surface area contributed by atoms with Gasteiger partial charge < -0.3 is 19.9 Å². The van der Waals surface area contributed by atoms with Gasteiger partial charge in [0, 0.05) is 12.2 Å². The van der Waals surface area contributed by atoms with Crippen molar-refractivity contribution in [3.8, 4) is 5.75 Å². The summed E-state index contributed by atoms with van der Waals surface area (Å²) in [5, 5.41) is 10.8. The van der Waals surface area contributed by atoms with Crippen molar-refractivity contribution in [2.45, 2.75) is 18.9 Å². The molecule has 1 heterocycles. The highest BCUT2D eigenvalue weighted by Crippen LogP contribution is 2.16. The van der Waals surface area contributed by atoms with Gasteiger partial charge in [-0.15, -0.1) is 0 Å². The number of rotatable bonds is 6. The Morgan fingerprint density at radius 2 is 2.10 bits per heavy atom. The molecule has 1 atom stereocenters. The predicted molar refractivity (Wildman–Crippen MR) is 70.9 cm³/mol. The van der Waals surface area contributed by atoms with Crippen LogP contribution in [0.5, 0.6) is 5.75 Å². The normalized spacial score (nSPS) is 17.7. The van der Waals surface area contributed by atoms with Gasteiger partial charge >= 0.3 is 5.97 Å². The average molecular weight is 279 g/mol. The van der Waals surface area contributed by atoms with Gasteiger partial charge in [-0.1, -0.05) is 0 Å². The topological polar surface area (TPSA) is 84.9 Å². The third kappa shape index (κ3) is 4.24. The summed E-state index contributed by atoms with van der Waals surface area (Å²) in [6, 6.07) is 6.57. The zero-order valence-corrected chi connectivity index (χ0v) is 11.0. The molecule has 6 heteroatoms. The number of benzene rings is 1. The van der Waals surface area contributed by atoms with E-state index in [0.29, 0.717) is 17.9 Å². The Morgan fingerprint density at radius 1 is 1.35 bits per heavy atom. The minimum absolute atomic E-state index is 0.147. The zero-order valence-electron chi connectivity index (χ0n) is 11.0. The van der Waals surface area contributed by atoms with Gasteiger partial charge in [0.2, 0.25) is 0 Å². The van der Waals surface area contributed by atoms with Crippen molar-refractivity contribution in [2.24, 2.45) is 0 Å². The van der Waals surface area contributed by atoms with Crippen molar-refractivity contribution in [1.29, 1.82) is 0 Å². The van der Waals surface area contributed by atoms with Crippen molar-refractivity contribution < 1.29 is 24.2 Å². The van der Waals surface area contributed by atoms with Crippen LogP contribution >= 0.6 is 0 Å². The van der Waals surface area contributed by atoms with Crippen LogP contribution in [0.4, 0.5) is 0 Å². The molecule has 0 radical (unpaired) electrons. The fourth-order valence-electron chi connectivity index (χ4n) is 1.93. The van der Waals surface area contributed by atoms with Crippen LogP contribution in [-0.4, -0.2) is 42.8 Å². The fraction of sp³-hybridized carbons (Fsp3) is 0.429. The summed E-state index contributed by atoms with van der Waals surface area (Å²) in [5.74, 6) is -0.830. The number of amides is 1. The highest BCUT2D eigenvalue weighted by Gasteiger charge is 2.16. The molecule has 1 saturated heterocycles. The first-order valence-electron chi connectivity index (χ1n) is 6.49. The highest BCUT2D eigenvalue weighted by atomic mass is 16.5. The largest absolute Gasteiger partial charge is 0.491 e. The summed E-state index contributed by atoms with van der Waals surface area (Å²) in [6.45, 7) is 0.900. The summed E-state index contributed by atoms with van der Waals surface area (Å²) in [4.78, 5) is 21.9. The lowest BCUT2D eigenvalue weighted by molar-refractivity contribution is -0.135. The van der Waals surface area contributed by atoms with Gasteiger partial charge in [0.15, 0.2) is 0 Å². The lowest BCUT2D eigenvalue weighted by Gasteiger charge is -2.11. The van der Waals surface area contributed by atoms with E-state index in [0.717, 1.165) is 19.4 Å². The number of hydrogen-bond donors (Lipinski definition) is 2. The molecule has 0 spiro atoms. The number of ether oxygens (including phenoxy) is 2. The molecule has 20 heavy (non-hydrogen) atoms. The summed E-state index contributed by atoms with van der Waals surface area (Å²) < 4.78 is 11.0. The molecule has 1 amide bonds. The molecule has 1 unspecified atom stereocenters. The van der Waals surface area contributed by atoms with Crippen LogP contribution in [0.25, 0.3) is 0 Å². The van der Waals surface area contributed by atoms with Crippen LogP contribution < -0.4 is 10.1 Å². The number of carboxylic acid groups (broad SMARTS) is 1. The van der Waals surface area contributed by atoms with Crippen molar-refractivity contribution in [1.82, 2.24) is 5.32 Å². The molecule has 1 aromatic rings. The van der Waals surface area contributed by atoms with Crippen LogP contribution in [0, 0.1) is 0 Å². The van der Waals surface area contributed by atoms with E-state index in [-0.39, 0.29) is 6.10 Å². The molecule has 2 rings (SSSR count). The van der Waals surface area contributed by atoms with Crippen LogP contribution in [0.15, 0.2) is 24.3 Å². The second kappa shape index (κ2) is 6.91. The van der Waals surface area contributed by atoms with E-state index in [9.17, 15) is 9.59 Å². The van der Waals surface area contributed by atoms with Crippen LogP contribution in [0.3, 0.4) is 0 Å². The van der Waals surface area contributed by atoms with E-state index in [1.54, 1.807) is 24.3 Å². The first kappa shape index (κ1) is 14.3. The first-order chi connectivity index (χ1) is 9.65. The van der Waals surface area contributed by atoms with Gasteiger partial charge in [0.05, 0.1) is 6.10 Å². The smallest absolute Gasteiger partial charge is 0.322 e. The van der Waals surface area contributed by atoms with Crippen LogP contribution in [-0.2, 0) is 9.53 Å².